The first kappa shape index (κ1) is 21.9. The molecule has 0 saturated heterocycles. The van der Waals surface area contributed by atoms with Crippen molar-refractivity contribution in [1.82, 2.24) is 9.88 Å². The van der Waals surface area contributed by atoms with E-state index in [-0.39, 0.29) is 5.91 Å². The summed E-state index contributed by atoms with van der Waals surface area (Å²) in [6.07, 6.45) is 8.28. The maximum atomic E-state index is 13.2. The van der Waals surface area contributed by atoms with Gasteiger partial charge in [0.15, 0.2) is 17.9 Å². The molecule has 0 bridgehead atoms. The molecule has 0 atom stereocenters. The molecule has 1 amide bonds. The minimum Gasteiger partial charge on any atom is -0.488 e. The fourth-order valence-corrected chi connectivity index (χ4v) is 4.55. The van der Waals surface area contributed by atoms with E-state index in [2.05, 4.69) is 28.9 Å². The second-order valence-corrected chi connectivity index (χ2v) is 8.53. The molecule has 172 valence electrons. The van der Waals surface area contributed by atoms with Crippen molar-refractivity contribution in [3.05, 3.63) is 88.6 Å². The lowest BCUT2D eigenvalue weighted by Crippen LogP contribution is -2.36. The van der Waals surface area contributed by atoms with Crippen LogP contribution in [-0.2, 0) is 13.0 Å². The number of carbonyl (C=O) groups is 2. The van der Waals surface area contributed by atoms with Gasteiger partial charge in [-0.3, -0.25) is 9.59 Å². The number of hydrogen-bond donors (Lipinski definition) is 0. The topological polar surface area (TPSA) is 62.7 Å². The highest BCUT2D eigenvalue weighted by Gasteiger charge is 2.26. The lowest BCUT2D eigenvalue weighted by Gasteiger charge is -2.32. The van der Waals surface area contributed by atoms with Gasteiger partial charge in [-0.25, -0.2) is 4.98 Å². The van der Waals surface area contributed by atoms with Crippen LogP contribution in [0.25, 0.3) is 6.08 Å². The van der Waals surface area contributed by atoms with E-state index in [9.17, 15) is 9.59 Å². The Morgan fingerprint density at radius 2 is 1.94 bits per heavy atom. The first-order valence-electron chi connectivity index (χ1n) is 11.7. The van der Waals surface area contributed by atoms with E-state index < -0.39 is 0 Å². The summed E-state index contributed by atoms with van der Waals surface area (Å²) in [5, 5.41) is 0. The molecule has 3 aromatic rings. The van der Waals surface area contributed by atoms with Gasteiger partial charge in [0.1, 0.15) is 6.61 Å². The van der Waals surface area contributed by atoms with E-state index in [0.717, 1.165) is 30.4 Å². The number of pyridine rings is 1. The molecule has 2 aliphatic heterocycles. The number of aromatic nitrogens is 1. The van der Waals surface area contributed by atoms with Crippen LogP contribution in [0.3, 0.4) is 0 Å². The van der Waals surface area contributed by atoms with Crippen molar-refractivity contribution in [1.29, 1.82) is 0 Å². The van der Waals surface area contributed by atoms with Gasteiger partial charge in [0.25, 0.3) is 5.91 Å². The fraction of sp³-hybridized carbons (Fsp3) is 0.250. The zero-order chi connectivity index (χ0) is 23.5. The van der Waals surface area contributed by atoms with Crippen molar-refractivity contribution >= 4 is 29.8 Å². The third-order valence-corrected chi connectivity index (χ3v) is 6.37. The van der Waals surface area contributed by atoms with Crippen molar-refractivity contribution in [3.63, 3.8) is 0 Å². The van der Waals surface area contributed by atoms with Crippen molar-refractivity contribution in [2.24, 2.45) is 0 Å². The van der Waals surface area contributed by atoms with Gasteiger partial charge in [-0.05, 0) is 53.8 Å². The Hall–Kier alpha value is -3.93. The molecule has 5 rings (SSSR count). The Morgan fingerprint density at radius 3 is 2.76 bits per heavy atom. The molecule has 0 unspecified atom stereocenters. The number of rotatable bonds is 5. The predicted molar refractivity (Wildman–Crippen MR) is 133 cm³/mol. The molecule has 34 heavy (non-hydrogen) atoms. The molecule has 0 spiro atoms. The second-order valence-electron chi connectivity index (χ2n) is 8.53. The standard InChI is InChI=1S/C28H27N3O3/c1-2-3-6-21-15-25(10-9-23(21)19-32)31-13-14-34-26-16-24(17-29-27(26)31)28(33)30-12-11-20-7-4-5-8-22(20)18-30/h3-10,15-17,19H,2,11-14,18H2,1H3/b6-3+. The molecule has 0 saturated carbocycles. The minimum absolute atomic E-state index is 0.0344. The average Bonchev–Trinajstić information content (AvgIpc) is 2.90. The quantitative estimate of drug-likeness (QED) is 0.506. The Kier molecular flexibility index (Phi) is 6.12. The highest BCUT2D eigenvalue weighted by Crippen LogP contribution is 2.36. The monoisotopic (exact) mass is 453 g/mol. The van der Waals surface area contributed by atoms with Crippen LogP contribution in [0.1, 0.15) is 50.8 Å². The van der Waals surface area contributed by atoms with Crippen molar-refractivity contribution in [2.45, 2.75) is 26.3 Å². The maximum absolute atomic E-state index is 13.2. The van der Waals surface area contributed by atoms with Crippen LogP contribution in [0.4, 0.5) is 11.5 Å². The van der Waals surface area contributed by atoms with Gasteiger partial charge in [0, 0.05) is 30.5 Å². The Bertz CT molecular complexity index is 1270. The summed E-state index contributed by atoms with van der Waals surface area (Å²) in [5.74, 6) is 1.24. The zero-order valence-electron chi connectivity index (χ0n) is 19.2. The minimum atomic E-state index is -0.0344. The van der Waals surface area contributed by atoms with Crippen LogP contribution in [0.5, 0.6) is 5.75 Å². The molecular formula is C28H27N3O3. The average molecular weight is 454 g/mol. The molecule has 1 aromatic heterocycles. The zero-order valence-corrected chi connectivity index (χ0v) is 19.2. The summed E-state index contributed by atoms with van der Waals surface area (Å²) in [6.45, 7) is 4.48. The summed E-state index contributed by atoms with van der Waals surface area (Å²) >= 11 is 0. The van der Waals surface area contributed by atoms with Crippen LogP contribution in [0.15, 0.2) is 60.8 Å². The van der Waals surface area contributed by atoms with Crippen LogP contribution in [-0.4, -0.2) is 41.8 Å². The maximum Gasteiger partial charge on any atom is 0.255 e. The first-order chi connectivity index (χ1) is 16.7. The number of hydrogen-bond acceptors (Lipinski definition) is 5. The summed E-state index contributed by atoms with van der Waals surface area (Å²) in [7, 11) is 0. The fourth-order valence-electron chi connectivity index (χ4n) is 4.55. The van der Waals surface area contributed by atoms with Crippen molar-refractivity contribution < 1.29 is 14.3 Å². The summed E-state index contributed by atoms with van der Waals surface area (Å²) in [4.78, 5) is 33.3. The number of nitrogens with zero attached hydrogens (tertiary/aromatic N) is 3. The number of benzene rings is 2. The number of aldehydes is 1. The molecule has 0 N–H and O–H groups in total. The highest BCUT2D eigenvalue weighted by molar-refractivity contribution is 5.95. The molecule has 0 radical (unpaired) electrons. The van der Waals surface area contributed by atoms with Crippen LogP contribution < -0.4 is 9.64 Å². The third-order valence-electron chi connectivity index (χ3n) is 6.37. The van der Waals surface area contributed by atoms with E-state index >= 15 is 0 Å². The SMILES string of the molecule is CC/C=C/c1cc(N2CCOc3cc(C(=O)N4CCc5ccccc5C4)cnc32)ccc1C=O. The molecule has 6 heteroatoms. The second kappa shape index (κ2) is 9.51. The normalized spacial score (nSPS) is 15.0. The number of amides is 1. The van der Waals surface area contributed by atoms with E-state index in [0.29, 0.717) is 48.9 Å². The molecular weight excluding hydrogens is 426 g/mol. The molecule has 0 fully saturated rings. The number of ether oxygens (including phenoxy) is 1. The van der Waals surface area contributed by atoms with Gasteiger partial charge in [0.05, 0.1) is 12.1 Å². The van der Waals surface area contributed by atoms with Crippen LogP contribution >= 0.6 is 0 Å². The predicted octanol–water partition coefficient (Wildman–Crippen LogP) is 5.05. The Morgan fingerprint density at radius 1 is 1.09 bits per heavy atom. The van der Waals surface area contributed by atoms with Crippen LogP contribution in [0, 0.1) is 0 Å². The molecule has 2 aliphatic rings. The lowest BCUT2D eigenvalue weighted by molar-refractivity contribution is 0.0733. The van der Waals surface area contributed by atoms with Crippen molar-refractivity contribution in [2.75, 3.05) is 24.6 Å². The molecule has 2 aromatic carbocycles. The van der Waals surface area contributed by atoms with E-state index in [4.69, 9.17) is 4.74 Å². The number of fused-ring (bicyclic) bond motifs is 2. The van der Waals surface area contributed by atoms with Crippen LogP contribution in [0.2, 0.25) is 0 Å². The van der Waals surface area contributed by atoms with Gasteiger partial charge in [-0.1, -0.05) is 43.3 Å². The van der Waals surface area contributed by atoms with Gasteiger partial charge < -0.3 is 14.5 Å². The summed E-state index contributed by atoms with van der Waals surface area (Å²) < 4.78 is 5.90. The smallest absolute Gasteiger partial charge is 0.255 e. The first-order valence-corrected chi connectivity index (χ1v) is 11.7. The Balaban J connectivity index is 1.41. The largest absolute Gasteiger partial charge is 0.488 e. The lowest BCUT2D eigenvalue weighted by atomic mass is 9.99. The van der Waals surface area contributed by atoms with E-state index in [1.165, 1.54) is 11.1 Å². The van der Waals surface area contributed by atoms with Gasteiger partial charge in [-0.15, -0.1) is 0 Å². The van der Waals surface area contributed by atoms with Crippen molar-refractivity contribution in [3.8, 4) is 5.75 Å². The summed E-state index contributed by atoms with van der Waals surface area (Å²) in [5.41, 5.74) is 5.50. The third kappa shape index (κ3) is 4.19. The van der Waals surface area contributed by atoms with Gasteiger partial charge in [-0.2, -0.15) is 0 Å². The van der Waals surface area contributed by atoms with E-state index in [1.807, 2.05) is 47.4 Å². The number of anilines is 2. The van der Waals surface area contributed by atoms with Gasteiger partial charge >= 0.3 is 0 Å². The highest BCUT2D eigenvalue weighted by atomic mass is 16.5. The molecule has 6 nitrogen and oxygen atoms in total. The Labute approximate surface area is 199 Å². The van der Waals surface area contributed by atoms with E-state index in [1.54, 1.807) is 12.3 Å². The molecule has 3 heterocycles. The number of carbonyl (C=O) groups excluding carboxylic acids is 2. The van der Waals surface area contributed by atoms with Gasteiger partial charge in [0.2, 0.25) is 0 Å². The number of allylic oxidation sites excluding steroid dienone is 1. The molecule has 0 aliphatic carbocycles. The summed E-state index contributed by atoms with van der Waals surface area (Å²) in [6, 6.07) is 15.8.